The van der Waals surface area contributed by atoms with Gasteiger partial charge in [0.05, 0.1) is 16.8 Å². The van der Waals surface area contributed by atoms with Gasteiger partial charge in [-0.05, 0) is 18.2 Å². The van der Waals surface area contributed by atoms with Crippen molar-refractivity contribution in [3.8, 4) is 39.9 Å². The lowest BCUT2D eigenvalue weighted by Crippen LogP contribution is -2.01. The number of benzene rings is 2. The zero-order valence-electron chi connectivity index (χ0n) is 13.1. The minimum Gasteiger partial charge on any atom is -0.507 e. The van der Waals surface area contributed by atoms with Crippen LogP contribution in [0.1, 0.15) is 10.4 Å². The summed E-state index contributed by atoms with van der Waals surface area (Å²) >= 11 is 0. The summed E-state index contributed by atoms with van der Waals surface area (Å²) in [5.74, 6) is -9.36. The molecule has 0 radical (unpaired) electrons. The standard InChI is InChI=1S/C17H9F3N2O5/c18-7-2-1-6(13(19)14(7)20)16-21-4-3-8(22-16)11-9(23)5-10(24)12(15(11)25)17(26)27/h1-5,23-25H,(H,26,27). The molecule has 0 spiro atoms. The SMILES string of the molecule is O=C(O)c1c(O)cc(O)c(-c2ccnc(-c3ccc(F)c(F)c3F)n2)c1O. The number of carboxylic acids is 1. The van der Waals surface area contributed by atoms with Crippen molar-refractivity contribution >= 4 is 5.97 Å². The van der Waals surface area contributed by atoms with Crippen LogP contribution in [-0.2, 0) is 0 Å². The minimum atomic E-state index is -1.73. The van der Waals surface area contributed by atoms with Crippen molar-refractivity contribution < 1.29 is 38.4 Å². The van der Waals surface area contributed by atoms with Crippen LogP contribution >= 0.6 is 0 Å². The summed E-state index contributed by atoms with van der Waals surface area (Å²) in [4.78, 5) is 18.8. The average Bonchev–Trinajstić information content (AvgIpc) is 2.59. The molecule has 7 nitrogen and oxygen atoms in total. The molecule has 0 saturated heterocycles. The van der Waals surface area contributed by atoms with Gasteiger partial charge in [0.15, 0.2) is 23.3 Å². The number of phenols is 3. The minimum absolute atomic E-state index is 0.248. The lowest BCUT2D eigenvalue weighted by Gasteiger charge is -2.12. The van der Waals surface area contributed by atoms with Gasteiger partial charge in [0.1, 0.15) is 22.8 Å². The first-order valence-electron chi connectivity index (χ1n) is 7.20. The Hall–Kier alpha value is -3.82. The first-order valence-corrected chi connectivity index (χ1v) is 7.20. The summed E-state index contributed by atoms with van der Waals surface area (Å²) in [5.41, 5.74) is -2.10. The van der Waals surface area contributed by atoms with E-state index >= 15 is 0 Å². The molecule has 0 aliphatic carbocycles. The molecule has 0 aliphatic rings. The van der Waals surface area contributed by atoms with E-state index in [-0.39, 0.29) is 5.69 Å². The van der Waals surface area contributed by atoms with Crippen LogP contribution in [0.25, 0.3) is 22.6 Å². The Kier molecular flexibility index (Phi) is 4.32. The van der Waals surface area contributed by atoms with E-state index in [0.717, 1.165) is 18.3 Å². The molecule has 4 N–H and O–H groups in total. The molecule has 0 saturated carbocycles. The Bertz CT molecular complexity index is 1090. The summed E-state index contributed by atoms with van der Waals surface area (Å²) in [6, 6.07) is 3.39. The van der Waals surface area contributed by atoms with Crippen LogP contribution in [0.15, 0.2) is 30.5 Å². The molecule has 0 aliphatic heterocycles. The lowest BCUT2D eigenvalue weighted by molar-refractivity contribution is 0.0690. The van der Waals surface area contributed by atoms with Crippen molar-refractivity contribution in [3.63, 3.8) is 0 Å². The molecular formula is C17H9F3N2O5. The molecular weight excluding hydrogens is 369 g/mol. The third-order valence-corrected chi connectivity index (χ3v) is 3.66. The van der Waals surface area contributed by atoms with Gasteiger partial charge >= 0.3 is 5.97 Å². The van der Waals surface area contributed by atoms with Crippen molar-refractivity contribution in [2.24, 2.45) is 0 Å². The predicted molar refractivity (Wildman–Crippen MR) is 84.7 cm³/mol. The summed E-state index contributed by atoms with van der Waals surface area (Å²) in [6.45, 7) is 0. The van der Waals surface area contributed by atoms with E-state index in [9.17, 15) is 33.3 Å². The summed E-state index contributed by atoms with van der Waals surface area (Å²) in [5, 5.41) is 38.7. The molecule has 10 heteroatoms. The maximum Gasteiger partial charge on any atom is 0.343 e. The van der Waals surface area contributed by atoms with Gasteiger partial charge in [-0.3, -0.25) is 0 Å². The van der Waals surface area contributed by atoms with E-state index in [1.807, 2.05) is 0 Å². The highest BCUT2D eigenvalue weighted by atomic mass is 19.2. The van der Waals surface area contributed by atoms with E-state index in [4.69, 9.17) is 5.11 Å². The van der Waals surface area contributed by atoms with Crippen molar-refractivity contribution in [1.82, 2.24) is 9.97 Å². The maximum absolute atomic E-state index is 14.0. The normalized spacial score (nSPS) is 10.8. The number of carbonyl (C=O) groups is 1. The number of halogens is 3. The number of nitrogens with zero attached hydrogens (tertiary/aromatic N) is 2. The number of aromatic hydroxyl groups is 3. The van der Waals surface area contributed by atoms with Crippen LogP contribution < -0.4 is 0 Å². The Morgan fingerprint density at radius 3 is 2.33 bits per heavy atom. The van der Waals surface area contributed by atoms with Gasteiger partial charge in [0.2, 0.25) is 0 Å². The molecule has 0 amide bonds. The Labute approximate surface area is 148 Å². The van der Waals surface area contributed by atoms with Crippen LogP contribution in [0.2, 0.25) is 0 Å². The fourth-order valence-corrected chi connectivity index (χ4v) is 2.43. The van der Waals surface area contributed by atoms with Crippen LogP contribution in [0.5, 0.6) is 17.2 Å². The second-order valence-electron chi connectivity index (χ2n) is 5.31. The first-order chi connectivity index (χ1) is 12.7. The molecule has 1 aromatic heterocycles. The monoisotopic (exact) mass is 378 g/mol. The zero-order chi connectivity index (χ0) is 19.9. The van der Waals surface area contributed by atoms with E-state index in [2.05, 4.69) is 9.97 Å². The number of hydrogen-bond donors (Lipinski definition) is 4. The Balaban J connectivity index is 2.23. The molecule has 1 heterocycles. The van der Waals surface area contributed by atoms with Crippen molar-refractivity contribution in [2.45, 2.75) is 0 Å². The molecule has 0 fully saturated rings. The van der Waals surface area contributed by atoms with Crippen LogP contribution in [0, 0.1) is 17.5 Å². The quantitative estimate of drug-likeness (QED) is 0.517. The van der Waals surface area contributed by atoms with Gasteiger partial charge in [0, 0.05) is 12.3 Å². The molecule has 3 rings (SSSR count). The Morgan fingerprint density at radius 1 is 0.963 bits per heavy atom. The molecule has 27 heavy (non-hydrogen) atoms. The topological polar surface area (TPSA) is 124 Å². The van der Waals surface area contributed by atoms with Gasteiger partial charge in [-0.25, -0.2) is 27.9 Å². The van der Waals surface area contributed by atoms with Crippen LogP contribution in [0.4, 0.5) is 13.2 Å². The Morgan fingerprint density at radius 2 is 1.67 bits per heavy atom. The summed E-state index contributed by atoms with van der Waals surface area (Å²) in [6.07, 6.45) is 1.07. The molecule has 138 valence electrons. The van der Waals surface area contributed by atoms with Crippen LogP contribution in [-0.4, -0.2) is 36.4 Å². The van der Waals surface area contributed by atoms with Crippen LogP contribution in [0.3, 0.4) is 0 Å². The van der Waals surface area contributed by atoms with E-state index in [1.54, 1.807) is 0 Å². The van der Waals surface area contributed by atoms with Gasteiger partial charge in [-0.1, -0.05) is 0 Å². The van der Waals surface area contributed by atoms with Crippen molar-refractivity contribution in [1.29, 1.82) is 0 Å². The highest BCUT2D eigenvalue weighted by Crippen LogP contribution is 2.43. The fourth-order valence-electron chi connectivity index (χ4n) is 2.43. The van der Waals surface area contributed by atoms with Crippen molar-refractivity contribution in [3.05, 3.63) is 53.5 Å². The number of aromatic carboxylic acids is 1. The maximum atomic E-state index is 14.0. The molecule has 0 unspecified atom stereocenters. The summed E-state index contributed by atoms with van der Waals surface area (Å²) in [7, 11) is 0. The second-order valence-corrected chi connectivity index (χ2v) is 5.31. The number of hydrogen-bond acceptors (Lipinski definition) is 6. The largest absolute Gasteiger partial charge is 0.507 e. The predicted octanol–water partition coefficient (Wildman–Crippen LogP) is 3.04. The van der Waals surface area contributed by atoms with E-state index in [1.165, 1.54) is 0 Å². The highest BCUT2D eigenvalue weighted by molar-refractivity contribution is 5.98. The second kappa shape index (κ2) is 6.48. The van der Waals surface area contributed by atoms with Gasteiger partial charge in [-0.2, -0.15) is 0 Å². The van der Waals surface area contributed by atoms with Crippen molar-refractivity contribution in [2.75, 3.05) is 0 Å². The lowest BCUT2D eigenvalue weighted by atomic mass is 10.0. The van der Waals surface area contributed by atoms with E-state index in [0.29, 0.717) is 12.1 Å². The smallest absolute Gasteiger partial charge is 0.343 e. The third-order valence-electron chi connectivity index (χ3n) is 3.66. The number of rotatable bonds is 3. The third kappa shape index (κ3) is 2.97. The summed E-state index contributed by atoms with van der Waals surface area (Å²) < 4.78 is 40.5. The molecule has 2 aromatic carbocycles. The van der Waals surface area contributed by atoms with E-state index < -0.39 is 63.2 Å². The number of carboxylic acid groups (broad SMARTS) is 1. The van der Waals surface area contributed by atoms with Gasteiger partial charge in [0.25, 0.3) is 0 Å². The number of phenolic OH excluding ortho intramolecular Hbond substituents is 1. The molecule has 0 atom stereocenters. The van der Waals surface area contributed by atoms with Gasteiger partial charge < -0.3 is 20.4 Å². The highest BCUT2D eigenvalue weighted by Gasteiger charge is 2.25. The number of aromatic nitrogens is 2. The molecule has 0 bridgehead atoms. The first kappa shape index (κ1) is 18.0. The fraction of sp³-hybridized carbons (Fsp3) is 0. The zero-order valence-corrected chi connectivity index (χ0v) is 13.1. The molecule has 3 aromatic rings. The average molecular weight is 378 g/mol. The van der Waals surface area contributed by atoms with Gasteiger partial charge in [-0.15, -0.1) is 0 Å².